The van der Waals surface area contributed by atoms with Crippen molar-refractivity contribution in [3.05, 3.63) is 79.9 Å². The second-order valence-corrected chi connectivity index (χ2v) is 6.05. The van der Waals surface area contributed by atoms with E-state index in [0.717, 1.165) is 23.8 Å². The van der Waals surface area contributed by atoms with Crippen molar-refractivity contribution in [2.45, 2.75) is 12.5 Å². The molecular formula is C18H19N5O6. The van der Waals surface area contributed by atoms with Gasteiger partial charge in [0.1, 0.15) is 6.04 Å². The summed E-state index contributed by atoms with van der Waals surface area (Å²) in [5.74, 6) is -1.34. The van der Waals surface area contributed by atoms with Gasteiger partial charge in [0.05, 0.1) is 21.5 Å². The predicted molar refractivity (Wildman–Crippen MR) is 103 cm³/mol. The predicted octanol–water partition coefficient (Wildman–Crippen LogP) is 0.919. The molecule has 2 rings (SSSR count). The molecule has 0 fully saturated rings. The Morgan fingerprint density at radius 3 is 2.10 bits per heavy atom. The monoisotopic (exact) mass is 401 g/mol. The maximum atomic E-state index is 12.6. The maximum absolute atomic E-state index is 12.6. The summed E-state index contributed by atoms with van der Waals surface area (Å²) in [6.07, 6.45) is 0.153. The third-order valence-corrected chi connectivity index (χ3v) is 3.93. The Morgan fingerprint density at radius 2 is 1.59 bits per heavy atom. The lowest BCUT2D eigenvalue weighted by atomic mass is 10.0. The fraction of sp³-hybridized carbons (Fsp3) is 0.222. The average Bonchev–Trinajstić information content (AvgIpc) is 2.71. The van der Waals surface area contributed by atoms with Gasteiger partial charge in [0.25, 0.3) is 17.3 Å². The Hall–Kier alpha value is -3.86. The third kappa shape index (κ3) is 6.07. The topological polar surface area (TPSA) is 170 Å². The van der Waals surface area contributed by atoms with Crippen molar-refractivity contribution >= 4 is 23.2 Å². The first-order valence-corrected chi connectivity index (χ1v) is 8.58. The SMILES string of the molecule is NCCNC(=O)[C@H](Cc1ccccc1)NC(=O)c1cc([N+](=O)[O-])cc([N+](=O)[O-])c1. The van der Waals surface area contributed by atoms with Gasteiger partial charge in [-0.3, -0.25) is 29.8 Å². The first-order valence-electron chi connectivity index (χ1n) is 8.58. The standard InChI is InChI=1S/C18H19N5O6/c19-6-7-20-18(25)16(8-12-4-2-1-3-5-12)21-17(24)13-9-14(22(26)27)11-15(10-13)23(28)29/h1-5,9-11,16H,6-8,19H2,(H,20,25)(H,21,24)/t16-/m0/s1. The Kier molecular flexibility index (Phi) is 7.32. The molecule has 0 heterocycles. The van der Waals surface area contributed by atoms with Gasteiger partial charge in [0.2, 0.25) is 5.91 Å². The summed E-state index contributed by atoms with van der Waals surface area (Å²) < 4.78 is 0. The smallest absolute Gasteiger partial charge is 0.277 e. The van der Waals surface area contributed by atoms with Crippen LogP contribution in [-0.2, 0) is 11.2 Å². The van der Waals surface area contributed by atoms with Gasteiger partial charge in [-0.05, 0) is 5.56 Å². The molecule has 11 heteroatoms. The maximum Gasteiger partial charge on any atom is 0.277 e. The van der Waals surface area contributed by atoms with Gasteiger partial charge in [0.15, 0.2) is 0 Å². The number of carbonyl (C=O) groups is 2. The molecule has 0 aliphatic carbocycles. The minimum absolute atomic E-state index is 0.153. The number of non-ortho nitro benzene ring substituents is 2. The molecule has 29 heavy (non-hydrogen) atoms. The minimum atomic E-state index is -1.00. The number of rotatable bonds is 9. The molecule has 11 nitrogen and oxygen atoms in total. The number of nitrogens with two attached hydrogens (primary N) is 1. The summed E-state index contributed by atoms with van der Waals surface area (Å²) >= 11 is 0. The van der Waals surface area contributed by atoms with Crippen LogP contribution in [0.1, 0.15) is 15.9 Å². The molecule has 0 saturated heterocycles. The van der Waals surface area contributed by atoms with Gasteiger partial charge in [-0.25, -0.2) is 0 Å². The Morgan fingerprint density at radius 1 is 1.00 bits per heavy atom. The number of nitrogens with zero attached hydrogens (tertiary/aromatic N) is 2. The summed E-state index contributed by atoms with van der Waals surface area (Å²) in [7, 11) is 0. The fourth-order valence-corrected chi connectivity index (χ4v) is 2.56. The van der Waals surface area contributed by atoms with Crippen LogP contribution in [0.2, 0.25) is 0 Å². The van der Waals surface area contributed by atoms with Crippen molar-refractivity contribution in [2.75, 3.05) is 13.1 Å². The molecule has 0 aromatic heterocycles. The Bertz CT molecular complexity index is 886. The van der Waals surface area contributed by atoms with Gasteiger partial charge >= 0.3 is 0 Å². The van der Waals surface area contributed by atoms with Crippen LogP contribution in [0.4, 0.5) is 11.4 Å². The molecule has 0 spiro atoms. The zero-order valence-corrected chi connectivity index (χ0v) is 15.2. The van der Waals surface area contributed by atoms with Crippen LogP contribution in [0.25, 0.3) is 0 Å². The van der Waals surface area contributed by atoms with Crippen molar-refractivity contribution in [3.63, 3.8) is 0 Å². The van der Waals surface area contributed by atoms with Crippen molar-refractivity contribution in [3.8, 4) is 0 Å². The van der Waals surface area contributed by atoms with Gasteiger partial charge < -0.3 is 16.4 Å². The molecule has 2 amide bonds. The fourth-order valence-electron chi connectivity index (χ4n) is 2.56. The number of carbonyl (C=O) groups excluding carboxylic acids is 2. The Balaban J connectivity index is 2.29. The summed E-state index contributed by atoms with van der Waals surface area (Å²) in [5.41, 5.74) is 4.65. The quantitative estimate of drug-likeness (QED) is 0.414. The number of amides is 2. The van der Waals surface area contributed by atoms with Gasteiger partial charge in [-0.1, -0.05) is 30.3 Å². The van der Waals surface area contributed by atoms with E-state index in [2.05, 4.69) is 10.6 Å². The molecule has 0 unspecified atom stereocenters. The van der Waals surface area contributed by atoms with Crippen LogP contribution in [0, 0.1) is 20.2 Å². The Labute approximate surface area is 165 Å². The normalized spacial score (nSPS) is 11.3. The molecule has 0 radical (unpaired) electrons. The van der Waals surface area contributed by atoms with E-state index in [-0.39, 0.29) is 25.1 Å². The largest absolute Gasteiger partial charge is 0.353 e. The molecule has 1 atom stereocenters. The molecule has 0 bridgehead atoms. The number of nitrogens with one attached hydrogen (secondary N) is 2. The molecule has 2 aromatic rings. The van der Waals surface area contributed by atoms with Crippen LogP contribution < -0.4 is 16.4 Å². The van der Waals surface area contributed by atoms with Crippen molar-refractivity contribution in [1.82, 2.24) is 10.6 Å². The summed E-state index contributed by atoms with van der Waals surface area (Å²) in [4.78, 5) is 45.4. The third-order valence-electron chi connectivity index (χ3n) is 3.93. The van der Waals surface area contributed by atoms with Crippen molar-refractivity contribution in [2.24, 2.45) is 5.73 Å². The molecular weight excluding hydrogens is 382 g/mol. The highest BCUT2D eigenvalue weighted by Gasteiger charge is 2.25. The van der Waals surface area contributed by atoms with E-state index in [1.165, 1.54) is 0 Å². The second-order valence-electron chi connectivity index (χ2n) is 6.05. The minimum Gasteiger partial charge on any atom is -0.353 e. The van der Waals surface area contributed by atoms with Gasteiger partial charge in [-0.2, -0.15) is 0 Å². The molecule has 0 saturated carbocycles. The molecule has 2 aromatic carbocycles. The number of benzene rings is 2. The highest BCUT2D eigenvalue weighted by Crippen LogP contribution is 2.22. The first-order chi connectivity index (χ1) is 13.8. The number of nitro groups is 2. The first kappa shape index (κ1) is 21.4. The lowest BCUT2D eigenvalue weighted by molar-refractivity contribution is -0.394. The van der Waals surface area contributed by atoms with E-state index in [0.29, 0.717) is 0 Å². The van der Waals surface area contributed by atoms with Crippen molar-refractivity contribution < 1.29 is 19.4 Å². The van der Waals surface area contributed by atoms with Crippen LogP contribution in [0.3, 0.4) is 0 Å². The van der Waals surface area contributed by atoms with E-state index in [9.17, 15) is 29.8 Å². The van der Waals surface area contributed by atoms with Crippen LogP contribution >= 0.6 is 0 Å². The van der Waals surface area contributed by atoms with E-state index >= 15 is 0 Å². The van der Waals surface area contributed by atoms with Crippen LogP contribution in [0.5, 0.6) is 0 Å². The molecule has 152 valence electrons. The summed E-state index contributed by atoms with van der Waals surface area (Å²) in [6, 6.07) is 10.5. The van der Waals surface area contributed by atoms with E-state index in [1.54, 1.807) is 30.3 Å². The van der Waals surface area contributed by atoms with Crippen molar-refractivity contribution in [1.29, 1.82) is 0 Å². The van der Waals surface area contributed by atoms with E-state index < -0.39 is 39.1 Å². The lowest BCUT2D eigenvalue weighted by Gasteiger charge is -2.18. The molecule has 0 aliphatic rings. The summed E-state index contributed by atoms with van der Waals surface area (Å²) in [5, 5.41) is 27.1. The summed E-state index contributed by atoms with van der Waals surface area (Å²) in [6.45, 7) is 0.400. The highest BCUT2D eigenvalue weighted by molar-refractivity contribution is 5.98. The number of hydrogen-bond donors (Lipinski definition) is 3. The van der Waals surface area contributed by atoms with Gasteiger partial charge in [-0.15, -0.1) is 0 Å². The van der Waals surface area contributed by atoms with Crippen LogP contribution in [0.15, 0.2) is 48.5 Å². The zero-order valence-electron chi connectivity index (χ0n) is 15.2. The van der Waals surface area contributed by atoms with Gasteiger partial charge in [0, 0.05) is 31.6 Å². The lowest BCUT2D eigenvalue weighted by Crippen LogP contribution is -2.49. The second kappa shape index (κ2) is 9.90. The van der Waals surface area contributed by atoms with Crippen LogP contribution in [-0.4, -0.2) is 40.8 Å². The molecule has 4 N–H and O–H groups in total. The number of nitro benzene ring substituents is 2. The number of hydrogen-bond acceptors (Lipinski definition) is 7. The van der Waals surface area contributed by atoms with E-state index in [1.807, 2.05) is 0 Å². The van der Waals surface area contributed by atoms with E-state index in [4.69, 9.17) is 5.73 Å². The highest BCUT2D eigenvalue weighted by atomic mass is 16.6. The molecule has 0 aliphatic heterocycles. The zero-order chi connectivity index (χ0) is 21.4. The average molecular weight is 401 g/mol.